The van der Waals surface area contributed by atoms with Crippen molar-refractivity contribution in [3.63, 3.8) is 0 Å². The smallest absolute Gasteiger partial charge is 0.0933 e. The van der Waals surface area contributed by atoms with E-state index in [9.17, 15) is 10.2 Å². The summed E-state index contributed by atoms with van der Waals surface area (Å²) in [6.45, 7) is 0. The standard InChI is InChI=1S/C12H22O2/c13-11(7-3-1-4-8-11)12(14)9-5-2-6-10-12/h13-14H,1-10H2. The molecule has 2 N–H and O–H groups in total. The molecule has 0 aromatic carbocycles. The van der Waals surface area contributed by atoms with Crippen LogP contribution in [-0.4, -0.2) is 21.4 Å². The van der Waals surface area contributed by atoms with Gasteiger partial charge in [-0.15, -0.1) is 0 Å². The second kappa shape index (κ2) is 3.82. The van der Waals surface area contributed by atoms with Crippen LogP contribution >= 0.6 is 0 Å². The lowest BCUT2D eigenvalue weighted by Crippen LogP contribution is -2.56. The molecule has 0 spiro atoms. The van der Waals surface area contributed by atoms with E-state index in [4.69, 9.17) is 0 Å². The van der Waals surface area contributed by atoms with Gasteiger partial charge in [-0.2, -0.15) is 0 Å². The second-order valence-corrected chi connectivity index (χ2v) is 5.18. The summed E-state index contributed by atoms with van der Waals surface area (Å²) in [6, 6.07) is 0. The van der Waals surface area contributed by atoms with Crippen LogP contribution in [0.1, 0.15) is 64.2 Å². The lowest BCUT2D eigenvalue weighted by molar-refractivity contribution is -0.182. The molecule has 0 aromatic heterocycles. The van der Waals surface area contributed by atoms with E-state index in [-0.39, 0.29) is 0 Å². The zero-order valence-corrected chi connectivity index (χ0v) is 8.97. The van der Waals surface area contributed by atoms with Crippen molar-refractivity contribution in [2.24, 2.45) is 0 Å². The zero-order valence-electron chi connectivity index (χ0n) is 8.97. The largest absolute Gasteiger partial charge is 0.387 e. The topological polar surface area (TPSA) is 40.5 Å². The maximum atomic E-state index is 10.5. The lowest BCUT2D eigenvalue weighted by Gasteiger charge is -2.48. The molecule has 2 saturated carbocycles. The van der Waals surface area contributed by atoms with Gasteiger partial charge in [-0.1, -0.05) is 38.5 Å². The summed E-state index contributed by atoms with van der Waals surface area (Å²) in [5.74, 6) is 0. The highest BCUT2D eigenvalue weighted by Gasteiger charge is 2.49. The van der Waals surface area contributed by atoms with E-state index in [1.54, 1.807) is 0 Å². The van der Waals surface area contributed by atoms with E-state index in [1.807, 2.05) is 0 Å². The molecule has 2 nitrogen and oxygen atoms in total. The molecule has 0 unspecified atom stereocenters. The molecular weight excluding hydrogens is 176 g/mol. The van der Waals surface area contributed by atoms with Gasteiger partial charge >= 0.3 is 0 Å². The van der Waals surface area contributed by atoms with Gasteiger partial charge in [0.15, 0.2) is 0 Å². The Kier molecular flexibility index (Phi) is 2.85. The van der Waals surface area contributed by atoms with Crippen molar-refractivity contribution in [3.8, 4) is 0 Å². The fraction of sp³-hybridized carbons (Fsp3) is 1.00. The Bertz CT molecular complexity index is 166. The van der Waals surface area contributed by atoms with Crippen molar-refractivity contribution in [1.82, 2.24) is 0 Å². The highest BCUT2D eigenvalue weighted by molar-refractivity contribution is 5.02. The molecule has 0 amide bonds. The molecular formula is C12H22O2. The summed E-state index contributed by atoms with van der Waals surface area (Å²) in [4.78, 5) is 0. The molecule has 82 valence electrons. The first kappa shape index (κ1) is 10.4. The van der Waals surface area contributed by atoms with Crippen molar-refractivity contribution >= 4 is 0 Å². The maximum Gasteiger partial charge on any atom is 0.0933 e. The molecule has 0 aliphatic heterocycles. The molecule has 2 aliphatic rings. The van der Waals surface area contributed by atoms with E-state index in [0.717, 1.165) is 51.4 Å². The number of rotatable bonds is 1. The average Bonchev–Trinajstić information content (AvgIpc) is 2.20. The van der Waals surface area contributed by atoms with E-state index >= 15 is 0 Å². The summed E-state index contributed by atoms with van der Waals surface area (Å²) in [6.07, 6.45) is 10.0. The third-order valence-electron chi connectivity index (χ3n) is 4.23. The maximum absolute atomic E-state index is 10.5. The molecule has 0 atom stereocenters. The third-order valence-corrected chi connectivity index (χ3v) is 4.23. The summed E-state index contributed by atoms with van der Waals surface area (Å²) >= 11 is 0. The monoisotopic (exact) mass is 198 g/mol. The van der Waals surface area contributed by atoms with Crippen LogP contribution in [0.15, 0.2) is 0 Å². The van der Waals surface area contributed by atoms with Crippen LogP contribution in [0, 0.1) is 0 Å². The third kappa shape index (κ3) is 1.70. The van der Waals surface area contributed by atoms with Crippen molar-refractivity contribution in [2.45, 2.75) is 75.4 Å². The van der Waals surface area contributed by atoms with Crippen LogP contribution in [0.3, 0.4) is 0 Å². The lowest BCUT2D eigenvalue weighted by atomic mass is 9.66. The highest BCUT2D eigenvalue weighted by Crippen LogP contribution is 2.44. The van der Waals surface area contributed by atoms with Crippen molar-refractivity contribution in [2.75, 3.05) is 0 Å². The number of hydrogen-bond acceptors (Lipinski definition) is 2. The minimum atomic E-state index is -0.758. The molecule has 2 rings (SSSR count). The van der Waals surface area contributed by atoms with Gasteiger partial charge in [0.05, 0.1) is 11.2 Å². The Balaban J connectivity index is 2.09. The summed E-state index contributed by atoms with van der Waals surface area (Å²) in [5.41, 5.74) is -1.52. The molecule has 0 bridgehead atoms. The fourth-order valence-corrected chi connectivity index (χ4v) is 3.20. The van der Waals surface area contributed by atoms with Crippen molar-refractivity contribution < 1.29 is 10.2 Å². The van der Waals surface area contributed by atoms with Crippen LogP contribution in [0.2, 0.25) is 0 Å². The molecule has 2 heteroatoms. The van der Waals surface area contributed by atoms with Gasteiger partial charge in [0.1, 0.15) is 0 Å². The molecule has 0 heterocycles. The minimum Gasteiger partial charge on any atom is -0.387 e. The average molecular weight is 198 g/mol. The van der Waals surface area contributed by atoms with Crippen LogP contribution in [0.4, 0.5) is 0 Å². The Morgan fingerprint density at radius 1 is 0.500 bits per heavy atom. The first-order chi connectivity index (χ1) is 6.66. The van der Waals surface area contributed by atoms with Gasteiger partial charge in [-0.25, -0.2) is 0 Å². The van der Waals surface area contributed by atoms with Gasteiger partial charge in [0.2, 0.25) is 0 Å². The predicted octanol–water partition coefficient (Wildman–Crippen LogP) is 2.38. The van der Waals surface area contributed by atoms with Gasteiger partial charge in [0, 0.05) is 0 Å². The Morgan fingerprint density at radius 2 is 0.786 bits per heavy atom. The van der Waals surface area contributed by atoms with Gasteiger partial charge in [-0.05, 0) is 25.7 Å². The van der Waals surface area contributed by atoms with E-state index < -0.39 is 11.2 Å². The summed E-state index contributed by atoms with van der Waals surface area (Å²) in [7, 11) is 0. The van der Waals surface area contributed by atoms with Gasteiger partial charge in [-0.3, -0.25) is 0 Å². The Labute approximate surface area is 86.3 Å². The summed E-state index contributed by atoms with van der Waals surface area (Å²) < 4.78 is 0. The molecule has 0 radical (unpaired) electrons. The molecule has 2 aliphatic carbocycles. The van der Waals surface area contributed by atoms with Crippen molar-refractivity contribution in [1.29, 1.82) is 0 Å². The first-order valence-corrected chi connectivity index (χ1v) is 6.11. The number of hydrogen-bond donors (Lipinski definition) is 2. The summed E-state index contributed by atoms with van der Waals surface area (Å²) in [5, 5.41) is 21.0. The van der Waals surface area contributed by atoms with Crippen molar-refractivity contribution in [3.05, 3.63) is 0 Å². The normalized spacial score (nSPS) is 31.3. The number of aliphatic hydroxyl groups is 2. The zero-order chi connectivity index (χ0) is 10.1. The van der Waals surface area contributed by atoms with Crippen LogP contribution in [0.5, 0.6) is 0 Å². The Morgan fingerprint density at radius 3 is 1.07 bits per heavy atom. The predicted molar refractivity (Wildman–Crippen MR) is 56.1 cm³/mol. The first-order valence-electron chi connectivity index (χ1n) is 6.11. The quantitative estimate of drug-likeness (QED) is 0.679. The van der Waals surface area contributed by atoms with Gasteiger partial charge in [0.25, 0.3) is 0 Å². The molecule has 2 fully saturated rings. The van der Waals surface area contributed by atoms with E-state index in [1.165, 1.54) is 12.8 Å². The molecule has 0 saturated heterocycles. The Hall–Kier alpha value is -0.0800. The second-order valence-electron chi connectivity index (χ2n) is 5.18. The van der Waals surface area contributed by atoms with Crippen LogP contribution in [0.25, 0.3) is 0 Å². The van der Waals surface area contributed by atoms with Crippen LogP contribution < -0.4 is 0 Å². The van der Waals surface area contributed by atoms with Gasteiger partial charge < -0.3 is 10.2 Å². The molecule has 0 aromatic rings. The fourth-order valence-electron chi connectivity index (χ4n) is 3.20. The van der Waals surface area contributed by atoms with E-state index in [0.29, 0.717) is 0 Å². The minimum absolute atomic E-state index is 0.758. The van der Waals surface area contributed by atoms with E-state index in [2.05, 4.69) is 0 Å². The molecule has 14 heavy (non-hydrogen) atoms. The highest BCUT2D eigenvalue weighted by atomic mass is 16.4. The van der Waals surface area contributed by atoms with Crippen LogP contribution in [-0.2, 0) is 0 Å². The SMILES string of the molecule is OC1(C2(O)CCCCC2)CCCCC1.